The summed E-state index contributed by atoms with van der Waals surface area (Å²) in [7, 11) is 0. The highest BCUT2D eigenvalue weighted by atomic mass is 19.1. The van der Waals surface area contributed by atoms with Gasteiger partial charge in [0.15, 0.2) is 0 Å². The number of aliphatic hydroxyl groups is 1. The minimum absolute atomic E-state index is 0.140. The molecule has 5 heteroatoms. The number of aliphatic hydroxyl groups excluding tert-OH is 1. The van der Waals surface area contributed by atoms with Crippen LogP contribution in [0, 0.1) is 17.7 Å². The van der Waals surface area contributed by atoms with Gasteiger partial charge in [-0.25, -0.2) is 4.39 Å². The molecule has 0 aromatic heterocycles. The van der Waals surface area contributed by atoms with Crippen LogP contribution in [0.25, 0.3) is 6.08 Å². The predicted molar refractivity (Wildman–Crippen MR) is 87.1 cm³/mol. The Kier molecular flexibility index (Phi) is 5.08. The Morgan fingerprint density at radius 1 is 1.30 bits per heavy atom. The summed E-state index contributed by atoms with van der Waals surface area (Å²) < 4.78 is 12.9. The Balaban J connectivity index is 1.54. The van der Waals surface area contributed by atoms with Crippen LogP contribution in [-0.2, 0) is 4.79 Å². The molecule has 1 aliphatic heterocycles. The first-order valence-electron chi connectivity index (χ1n) is 8.20. The van der Waals surface area contributed by atoms with Gasteiger partial charge in [-0.2, -0.15) is 0 Å². The van der Waals surface area contributed by atoms with E-state index in [1.165, 1.54) is 25.0 Å². The highest BCUT2D eigenvalue weighted by Gasteiger charge is 2.42. The summed E-state index contributed by atoms with van der Waals surface area (Å²) in [6.45, 7) is 2.17. The van der Waals surface area contributed by atoms with Crippen LogP contribution in [-0.4, -0.2) is 48.2 Å². The SMILES string of the molecule is O=C(CO)N[C@@H]1CN(C/C=C/c2ccc(F)cc2)C[C@H]1C1CC1. The van der Waals surface area contributed by atoms with Crippen molar-refractivity contribution in [3.8, 4) is 0 Å². The van der Waals surface area contributed by atoms with Gasteiger partial charge in [0.1, 0.15) is 12.4 Å². The number of halogens is 1. The molecule has 4 nitrogen and oxygen atoms in total. The molecule has 0 unspecified atom stereocenters. The van der Waals surface area contributed by atoms with Crippen molar-refractivity contribution >= 4 is 12.0 Å². The van der Waals surface area contributed by atoms with E-state index in [9.17, 15) is 9.18 Å². The molecule has 1 amide bonds. The number of amides is 1. The molecule has 2 atom stereocenters. The van der Waals surface area contributed by atoms with Crippen LogP contribution in [0.15, 0.2) is 30.3 Å². The summed E-state index contributed by atoms with van der Waals surface area (Å²) in [6.07, 6.45) is 6.56. The van der Waals surface area contributed by atoms with Crippen molar-refractivity contribution in [3.05, 3.63) is 41.7 Å². The van der Waals surface area contributed by atoms with Gasteiger partial charge in [0.25, 0.3) is 0 Å². The van der Waals surface area contributed by atoms with E-state index in [4.69, 9.17) is 5.11 Å². The molecule has 2 N–H and O–H groups in total. The average molecular weight is 318 g/mol. The normalized spacial score (nSPS) is 25.1. The summed E-state index contributed by atoms with van der Waals surface area (Å²) >= 11 is 0. The van der Waals surface area contributed by atoms with E-state index in [0.29, 0.717) is 11.8 Å². The fourth-order valence-electron chi connectivity index (χ4n) is 3.38. The topological polar surface area (TPSA) is 52.6 Å². The van der Waals surface area contributed by atoms with Crippen molar-refractivity contribution in [1.82, 2.24) is 10.2 Å². The van der Waals surface area contributed by atoms with Gasteiger partial charge in [0.05, 0.1) is 0 Å². The lowest BCUT2D eigenvalue weighted by Gasteiger charge is -2.18. The Hall–Kier alpha value is -1.72. The molecule has 1 aromatic rings. The van der Waals surface area contributed by atoms with Gasteiger partial charge in [-0.3, -0.25) is 9.69 Å². The number of likely N-dealkylation sites (tertiary alicyclic amines) is 1. The summed E-state index contributed by atoms with van der Waals surface area (Å²) in [6, 6.07) is 6.57. The van der Waals surface area contributed by atoms with Gasteiger partial charge >= 0.3 is 0 Å². The Morgan fingerprint density at radius 3 is 2.70 bits per heavy atom. The van der Waals surface area contributed by atoms with Crippen LogP contribution in [0.5, 0.6) is 0 Å². The third-order valence-corrected chi connectivity index (χ3v) is 4.70. The lowest BCUT2D eigenvalue weighted by molar-refractivity contribution is -0.124. The van der Waals surface area contributed by atoms with Crippen LogP contribution in [0.3, 0.4) is 0 Å². The smallest absolute Gasteiger partial charge is 0.245 e. The standard InChI is InChI=1S/C18H23FN2O2/c19-15-7-3-13(4-8-15)2-1-9-21-10-16(14-5-6-14)17(11-21)20-18(23)12-22/h1-4,7-8,14,16-17,22H,5-6,9-12H2,(H,20,23)/b2-1+/t16-,17+/m0/s1. The Bertz CT molecular complexity index is 569. The number of carbonyl (C=O) groups is 1. The van der Waals surface area contributed by atoms with Crippen molar-refractivity contribution < 1.29 is 14.3 Å². The number of rotatable bonds is 6. The van der Waals surface area contributed by atoms with E-state index in [1.54, 1.807) is 12.1 Å². The molecule has 3 rings (SSSR count). The quantitative estimate of drug-likeness (QED) is 0.839. The van der Waals surface area contributed by atoms with Crippen molar-refractivity contribution in [2.75, 3.05) is 26.2 Å². The highest BCUT2D eigenvalue weighted by molar-refractivity contribution is 5.77. The van der Waals surface area contributed by atoms with E-state index in [0.717, 1.165) is 25.2 Å². The van der Waals surface area contributed by atoms with Crippen molar-refractivity contribution in [3.63, 3.8) is 0 Å². The van der Waals surface area contributed by atoms with E-state index < -0.39 is 6.61 Å². The molecule has 2 aliphatic rings. The van der Waals surface area contributed by atoms with Gasteiger partial charge in [-0.05, 0) is 42.4 Å². The van der Waals surface area contributed by atoms with Crippen molar-refractivity contribution in [2.45, 2.75) is 18.9 Å². The first-order valence-corrected chi connectivity index (χ1v) is 8.20. The molecule has 0 bridgehead atoms. The minimum atomic E-state index is -0.446. The second-order valence-electron chi connectivity index (χ2n) is 6.51. The molecule has 2 fully saturated rings. The van der Waals surface area contributed by atoms with Crippen LogP contribution < -0.4 is 5.32 Å². The van der Waals surface area contributed by atoms with Crippen molar-refractivity contribution in [1.29, 1.82) is 0 Å². The second-order valence-corrected chi connectivity index (χ2v) is 6.51. The predicted octanol–water partition coefficient (Wildman–Crippen LogP) is 1.66. The number of hydrogen-bond donors (Lipinski definition) is 2. The van der Waals surface area contributed by atoms with Gasteiger partial charge in [-0.15, -0.1) is 0 Å². The van der Waals surface area contributed by atoms with Gasteiger partial charge in [0, 0.05) is 25.7 Å². The zero-order valence-corrected chi connectivity index (χ0v) is 13.1. The number of carbonyl (C=O) groups excluding carboxylic acids is 1. The molecular formula is C18H23FN2O2. The largest absolute Gasteiger partial charge is 0.387 e. The van der Waals surface area contributed by atoms with Crippen LogP contribution >= 0.6 is 0 Å². The lowest BCUT2D eigenvalue weighted by atomic mass is 9.98. The van der Waals surface area contributed by atoms with Crippen LogP contribution in [0.4, 0.5) is 4.39 Å². The summed E-state index contributed by atoms with van der Waals surface area (Å²) in [5, 5.41) is 11.9. The number of benzene rings is 1. The van der Waals surface area contributed by atoms with Crippen LogP contribution in [0.2, 0.25) is 0 Å². The van der Waals surface area contributed by atoms with Gasteiger partial charge < -0.3 is 10.4 Å². The average Bonchev–Trinajstić information content (AvgIpc) is 3.32. The first kappa shape index (κ1) is 16.1. The molecular weight excluding hydrogens is 295 g/mol. The fourth-order valence-corrected chi connectivity index (χ4v) is 3.38. The Labute approximate surface area is 136 Å². The third-order valence-electron chi connectivity index (χ3n) is 4.70. The zero-order chi connectivity index (χ0) is 16.2. The molecule has 0 radical (unpaired) electrons. The van der Waals surface area contributed by atoms with Gasteiger partial charge in [0.2, 0.25) is 5.91 Å². The molecule has 0 spiro atoms. The molecule has 1 aromatic carbocycles. The fraction of sp³-hybridized carbons (Fsp3) is 0.500. The first-order chi connectivity index (χ1) is 11.2. The number of nitrogens with zero attached hydrogens (tertiary/aromatic N) is 1. The van der Waals surface area contributed by atoms with E-state index >= 15 is 0 Å². The van der Waals surface area contributed by atoms with E-state index in [1.807, 2.05) is 6.08 Å². The molecule has 1 aliphatic carbocycles. The maximum Gasteiger partial charge on any atom is 0.245 e. The van der Waals surface area contributed by atoms with Crippen LogP contribution in [0.1, 0.15) is 18.4 Å². The number of hydrogen-bond acceptors (Lipinski definition) is 3. The summed E-state index contributed by atoms with van der Waals surface area (Å²) in [5.41, 5.74) is 0.981. The second kappa shape index (κ2) is 7.23. The van der Waals surface area contributed by atoms with Crippen molar-refractivity contribution in [2.24, 2.45) is 11.8 Å². The van der Waals surface area contributed by atoms with E-state index in [-0.39, 0.29) is 17.8 Å². The molecule has 124 valence electrons. The summed E-state index contributed by atoms with van der Waals surface area (Å²) in [4.78, 5) is 13.8. The zero-order valence-electron chi connectivity index (χ0n) is 13.1. The maximum atomic E-state index is 12.9. The molecule has 1 heterocycles. The lowest BCUT2D eigenvalue weighted by Crippen LogP contribution is -2.42. The monoisotopic (exact) mass is 318 g/mol. The third kappa shape index (κ3) is 4.39. The number of nitrogens with one attached hydrogen (secondary N) is 1. The molecule has 1 saturated carbocycles. The maximum absolute atomic E-state index is 12.9. The minimum Gasteiger partial charge on any atom is -0.387 e. The molecule has 23 heavy (non-hydrogen) atoms. The van der Waals surface area contributed by atoms with Gasteiger partial charge in [-0.1, -0.05) is 24.3 Å². The highest BCUT2D eigenvalue weighted by Crippen LogP contribution is 2.41. The van der Waals surface area contributed by atoms with E-state index in [2.05, 4.69) is 16.3 Å². The molecule has 1 saturated heterocycles. The summed E-state index contributed by atoms with van der Waals surface area (Å²) in [5.74, 6) is 0.690. The Morgan fingerprint density at radius 2 is 2.04 bits per heavy atom.